The number of nitrogens with two attached hydrogens (primary N) is 1. The maximum absolute atomic E-state index is 13.5. The fraction of sp³-hybridized carbons (Fsp3) is 0. The molecule has 3 N–H and O–H groups in total. The quantitative estimate of drug-likeness (QED) is 0.905. The Morgan fingerprint density at radius 1 is 1.26 bits per heavy atom. The lowest BCUT2D eigenvalue weighted by Crippen LogP contribution is -2.03. The molecule has 1 heterocycles. The number of hydrogen-bond acceptors (Lipinski definition) is 4. The van der Waals surface area contributed by atoms with Gasteiger partial charge in [0.2, 0.25) is 0 Å². The molecular weight excluding hydrogens is 274 g/mol. The Bertz CT molecular complexity index is 650. The summed E-state index contributed by atoms with van der Waals surface area (Å²) in [5, 5.41) is 8.98. The molecule has 7 heteroatoms. The van der Waals surface area contributed by atoms with Crippen LogP contribution in [0.1, 0.15) is 10.5 Å². The number of carbonyl (C=O) groups is 1. The van der Waals surface area contributed by atoms with Crippen molar-refractivity contribution < 1.29 is 18.7 Å². The first-order chi connectivity index (χ1) is 8.97. The van der Waals surface area contributed by atoms with E-state index in [0.29, 0.717) is 0 Å². The van der Waals surface area contributed by atoms with Gasteiger partial charge in [-0.2, -0.15) is 0 Å². The van der Waals surface area contributed by atoms with Crippen molar-refractivity contribution in [3.8, 4) is 0 Å². The van der Waals surface area contributed by atoms with Crippen LogP contribution < -0.4 is 5.73 Å². The van der Waals surface area contributed by atoms with Gasteiger partial charge < -0.3 is 10.8 Å². The molecule has 1 aromatic carbocycles. The Morgan fingerprint density at radius 3 is 2.63 bits per heavy atom. The summed E-state index contributed by atoms with van der Waals surface area (Å²) in [6, 6.07) is 5.70. The Morgan fingerprint density at radius 2 is 2.00 bits per heavy atom. The Kier molecular flexibility index (Phi) is 3.66. The summed E-state index contributed by atoms with van der Waals surface area (Å²) in [6.07, 6.45) is 0. The average Bonchev–Trinajstić information content (AvgIpc) is 2.34. The normalized spacial score (nSPS) is 10.4. The minimum absolute atomic E-state index is 0.114. The molecule has 0 unspecified atom stereocenters. The third-order valence-corrected chi connectivity index (χ3v) is 3.28. The van der Waals surface area contributed by atoms with E-state index in [-0.39, 0.29) is 21.3 Å². The summed E-state index contributed by atoms with van der Waals surface area (Å²) in [7, 11) is 0. The highest BCUT2D eigenvalue weighted by atomic mass is 32.2. The zero-order valence-electron chi connectivity index (χ0n) is 9.43. The van der Waals surface area contributed by atoms with E-state index in [1.165, 1.54) is 18.2 Å². The van der Waals surface area contributed by atoms with Crippen molar-refractivity contribution in [2.45, 2.75) is 9.92 Å². The smallest absolute Gasteiger partial charge is 0.354 e. The van der Waals surface area contributed by atoms with E-state index in [1.807, 2.05) is 0 Å². The number of rotatable bonds is 3. The molecule has 0 saturated carbocycles. The lowest BCUT2D eigenvalue weighted by atomic mass is 10.3. The van der Waals surface area contributed by atoms with Gasteiger partial charge in [0.15, 0.2) is 0 Å². The zero-order valence-corrected chi connectivity index (χ0v) is 10.2. The van der Waals surface area contributed by atoms with Crippen LogP contribution >= 0.6 is 11.8 Å². The van der Waals surface area contributed by atoms with Crippen LogP contribution in [0.5, 0.6) is 0 Å². The predicted molar refractivity (Wildman–Crippen MR) is 66.1 cm³/mol. The van der Waals surface area contributed by atoms with Crippen LogP contribution in [0.2, 0.25) is 0 Å². The van der Waals surface area contributed by atoms with Gasteiger partial charge >= 0.3 is 5.97 Å². The van der Waals surface area contributed by atoms with Gasteiger partial charge in [0.25, 0.3) is 0 Å². The molecule has 4 nitrogen and oxygen atoms in total. The third kappa shape index (κ3) is 3.00. The molecule has 0 amide bonds. The summed E-state index contributed by atoms with van der Waals surface area (Å²) in [5.74, 6) is -2.66. The molecule has 0 aliphatic heterocycles. The minimum Gasteiger partial charge on any atom is -0.477 e. The van der Waals surface area contributed by atoms with Crippen molar-refractivity contribution in [2.24, 2.45) is 0 Å². The van der Waals surface area contributed by atoms with Gasteiger partial charge in [-0.25, -0.2) is 18.6 Å². The zero-order chi connectivity index (χ0) is 14.0. The maximum atomic E-state index is 13.5. The van der Waals surface area contributed by atoms with Crippen LogP contribution in [-0.4, -0.2) is 16.1 Å². The number of benzene rings is 1. The molecule has 98 valence electrons. The van der Waals surface area contributed by atoms with Crippen molar-refractivity contribution in [3.05, 3.63) is 47.7 Å². The topological polar surface area (TPSA) is 76.2 Å². The number of halogens is 2. The van der Waals surface area contributed by atoms with Gasteiger partial charge in [0, 0.05) is 11.0 Å². The molecular formula is C12H8F2N2O2S. The number of pyridine rings is 1. The van der Waals surface area contributed by atoms with E-state index in [9.17, 15) is 13.6 Å². The molecule has 0 saturated heterocycles. The Labute approximate surface area is 111 Å². The summed E-state index contributed by atoms with van der Waals surface area (Å²) in [5.41, 5.74) is 5.67. The fourth-order valence-electron chi connectivity index (χ4n) is 1.31. The first-order valence-electron chi connectivity index (χ1n) is 5.10. The average molecular weight is 282 g/mol. The Hall–Kier alpha value is -2.15. The molecule has 0 aliphatic rings. The lowest BCUT2D eigenvalue weighted by molar-refractivity contribution is 0.0690. The van der Waals surface area contributed by atoms with Crippen molar-refractivity contribution in [2.75, 3.05) is 5.73 Å². The van der Waals surface area contributed by atoms with Crippen molar-refractivity contribution in [3.63, 3.8) is 0 Å². The second-order valence-electron chi connectivity index (χ2n) is 3.57. The van der Waals surface area contributed by atoms with Crippen LogP contribution in [0.4, 0.5) is 14.5 Å². The largest absolute Gasteiger partial charge is 0.477 e. The summed E-state index contributed by atoms with van der Waals surface area (Å²) in [6.45, 7) is 0. The first-order valence-corrected chi connectivity index (χ1v) is 5.92. The molecule has 0 atom stereocenters. The van der Waals surface area contributed by atoms with E-state index in [4.69, 9.17) is 10.8 Å². The summed E-state index contributed by atoms with van der Waals surface area (Å²) < 4.78 is 26.2. The highest BCUT2D eigenvalue weighted by Crippen LogP contribution is 2.32. The molecule has 19 heavy (non-hydrogen) atoms. The van der Waals surface area contributed by atoms with Crippen molar-refractivity contribution in [1.82, 2.24) is 4.98 Å². The van der Waals surface area contributed by atoms with Crippen LogP contribution in [0.3, 0.4) is 0 Å². The van der Waals surface area contributed by atoms with E-state index >= 15 is 0 Å². The fourth-order valence-corrected chi connectivity index (χ4v) is 2.14. The number of aromatic nitrogens is 1. The molecule has 2 rings (SSSR count). The number of hydrogen-bond donors (Lipinski definition) is 2. The standard InChI is InChI=1S/C12H8F2N2O2S/c13-6-1-4-10(7(14)5-6)19-11-8(15)2-3-9(16-11)12(17)18/h1-5H,15H2,(H,17,18). The SMILES string of the molecule is Nc1ccc(C(=O)O)nc1Sc1ccc(F)cc1F. The third-order valence-electron chi connectivity index (χ3n) is 2.21. The van der Waals surface area contributed by atoms with Gasteiger partial charge in [-0.1, -0.05) is 11.8 Å². The number of nitrogen functional groups attached to an aromatic ring is 1. The number of nitrogens with zero attached hydrogens (tertiary/aromatic N) is 1. The van der Waals surface area contributed by atoms with Gasteiger partial charge in [0.05, 0.1) is 5.69 Å². The number of anilines is 1. The summed E-state index contributed by atoms with van der Waals surface area (Å²) in [4.78, 5) is 14.7. The number of carboxylic acids is 1. The van der Waals surface area contributed by atoms with Gasteiger partial charge in [0.1, 0.15) is 22.4 Å². The molecule has 2 aromatic rings. The molecule has 1 aromatic heterocycles. The molecule has 0 bridgehead atoms. The van der Waals surface area contributed by atoms with E-state index < -0.39 is 17.6 Å². The van der Waals surface area contributed by atoms with Crippen LogP contribution in [0.25, 0.3) is 0 Å². The van der Waals surface area contributed by atoms with E-state index in [0.717, 1.165) is 23.9 Å². The highest BCUT2D eigenvalue weighted by molar-refractivity contribution is 7.99. The van der Waals surface area contributed by atoms with Crippen molar-refractivity contribution in [1.29, 1.82) is 0 Å². The Balaban J connectivity index is 2.37. The molecule has 0 spiro atoms. The monoisotopic (exact) mass is 282 g/mol. The molecule has 0 aliphatic carbocycles. The maximum Gasteiger partial charge on any atom is 0.354 e. The van der Waals surface area contributed by atoms with E-state index in [1.54, 1.807) is 0 Å². The summed E-state index contributed by atoms with van der Waals surface area (Å²) >= 11 is 0.840. The second kappa shape index (κ2) is 5.23. The molecule has 0 fully saturated rings. The van der Waals surface area contributed by atoms with Gasteiger partial charge in [-0.3, -0.25) is 0 Å². The highest BCUT2D eigenvalue weighted by Gasteiger charge is 2.12. The van der Waals surface area contributed by atoms with Gasteiger partial charge in [-0.05, 0) is 24.3 Å². The molecule has 0 radical (unpaired) electrons. The second-order valence-corrected chi connectivity index (χ2v) is 4.60. The van der Waals surface area contributed by atoms with E-state index in [2.05, 4.69) is 4.98 Å². The minimum atomic E-state index is -1.21. The number of aromatic carboxylic acids is 1. The number of carboxylic acid groups (broad SMARTS) is 1. The van der Waals surface area contributed by atoms with Crippen LogP contribution in [0, 0.1) is 11.6 Å². The van der Waals surface area contributed by atoms with Crippen LogP contribution in [-0.2, 0) is 0 Å². The first kappa shape index (κ1) is 13.3. The lowest BCUT2D eigenvalue weighted by Gasteiger charge is -2.06. The van der Waals surface area contributed by atoms with Gasteiger partial charge in [-0.15, -0.1) is 0 Å². The van der Waals surface area contributed by atoms with Crippen molar-refractivity contribution >= 4 is 23.4 Å². The van der Waals surface area contributed by atoms with Crippen LogP contribution in [0.15, 0.2) is 40.3 Å². The predicted octanol–water partition coefficient (Wildman–Crippen LogP) is 2.79.